The van der Waals surface area contributed by atoms with Gasteiger partial charge in [-0.3, -0.25) is 0 Å². The summed E-state index contributed by atoms with van der Waals surface area (Å²) in [7, 11) is -3.50. The third-order valence-electron chi connectivity index (χ3n) is 4.19. The predicted molar refractivity (Wildman–Crippen MR) is 88.2 cm³/mol. The standard InChI is InChI=1S/C14H22BNO5S/c1-13(2)14(3,4)21-15(20-13)10-6-8-11(9-7-10)22(5,19)16-12(17)18/h6-9,22H,1-5H3,(H,16,19)(H,17,18). The van der Waals surface area contributed by atoms with Gasteiger partial charge in [0.2, 0.25) is 0 Å². The molecule has 1 aromatic rings. The molecule has 0 saturated carbocycles. The second-order valence-electron chi connectivity index (χ2n) is 6.48. The Morgan fingerprint density at radius 1 is 1.14 bits per heavy atom. The largest absolute Gasteiger partial charge is 0.494 e. The van der Waals surface area contributed by atoms with E-state index in [-0.39, 0.29) is 0 Å². The quantitative estimate of drug-likeness (QED) is 0.572. The lowest BCUT2D eigenvalue weighted by atomic mass is 9.79. The highest BCUT2D eigenvalue weighted by atomic mass is 32.3. The molecule has 0 atom stereocenters. The summed E-state index contributed by atoms with van der Waals surface area (Å²) in [6.07, 6.45) is 0.0682. The van der Waals surface area contributed by atoms with Crippen molar-refractivity contribution in [3.63, 3.8) is 0 Å². The predicted octanol–water partition coefficient (Wildman–Crippen LogP) is 2.20. The number of thiol groups is 1. The van der Waals surface area contributed by atoms with Gasteiger partial charge in [-0.15, -0.1) is 4.36 Å². The van der Waals surface area contributed by atoms with Crippen molar-refractivity contribution in [1.29, 1.82) is 0 Å². The van der Waals surface area contributed by atoms with Crippen LogP contribution >= 0.6 is 0 Å². The average Bonchev–Trinajstić information content (AvgIpc) is 2.57. The van der Waals surface area contributed by atoms with E-state index in [1.165, 1.54) is 6.26 Å². The highest BCUT2D eigenvalue weighted by Crippen LogP contribution is 2.36. The van der Waals surface area contributed by atoms with Gasteiger partial charge in [0.1, 0.15) is 0 Å². The zero-order valence-corrected chi connectivity index (χ0v) is 14.3. The molecule has 1 fully saturated rings. The Labute approximate surface area is 131 Å². The molecule has 22 heavy (non-hydrogen) atoms. The van der Waals surface area contributed by atoms with Gasteiger partial charge in [0, 0.05) is 4.90 Å². The van der Waals surface area contributed by atoms with Gasteiger partial charge < -0.3 is 19.0 Å². The summed E-state index contributed by atoms with van der Waals surface area (Å²) in [5.74, 6) is 0. The van der Waals surface area contributed by atoms with Crippen molar-refractivity contribution in [2.75, 3.05) is 6.26 Å². The number of amides is 1. The van der Waals surface area contributed by atoms with Crippen molar-refractivity contribution >= 4 is 28.8 Å². The van der Waals surface area contributed by atoms with Gasteiger partial charge in [0.25, 0.3) is 0 Å². The SMILES string of the molecule is CC1(C)OB(c2ccc([SH](C)(O)=NC(=O)O)cc2)OC1(C)C. The van der Waals surface area contributed by atoms with Crippen LogP contribution in [0.2, 0.25) is 0 Å². The van der Waals surface area contributed by atoms with Gasteiger partial charge in [0.15, 0.2) is 0 Å². The van der Waals surface area contributed by atoms with E-state index in [1.54, 1.807) is 24.3 Å². The van der Waals surface area contributed by atoms with E-state index in [9.17, 15) is 9.35 Å². The number of carbonyl (C=O) groups is 1. The maximum atomic E-state index is 10.7. The number of nitrogens with zero attached hydrogens (tertiary/aromatic N) is 1. The molecule has 8 heteroatoms. The Balaban J connectivity index is 2.26. The Morgan fingerprint density at radius 3 is 2.00 bits per heavy atom. The van der Waals surface area contributed by atoms with Crippen LogP contribution in [0, 0.1) is 0 Å². The highest BCUT2D eigenvalue weighted by Gasteiger charge is 2.51. The fraction of sp³-hybridized carbons (Fsp3) is 0.500. The van der Waals surface area contributed by atoms with Crippen molar-refractivity contribution in [2.45, 2.75) is 43.8 Å². The lowest BCUT2D eigenvalue weighted by molar-refractivity contribution is 0.00578. The van der Waals surface area contributed by atoms with E-state index in [1.807, 2.05) is 27.7 Å². The number of benzene rings is 1. The smallest absolute Gasteiger partial charge is 0.463 e. The zero-order valence-electron chi connectivity index (χ0n) is 13.4. The molecule has 1 aliphatic rings. The molecule has 1 aromatic carbocycles. The van der Waals surface area contributed by atoms with Crippen LogP contribution in [0.25, 0.3) is 0 Å². The highest BCUT2D eigenvalue weighted by molar-refractivity contribution is 7.99. The van der Waals surface area contributed by atoms with E-state index in [2.05, 4.69) is 4.36 Å². The van der Waals surface area contributed by atoms with E-state index < -0.39 is 34.5 Å². The van der Waals surface area contributed by atoms with Crippen molar-refractivity contribution in [1.82, 2.24) is 0 Å². The van der Waals surface area contributed by atoms with Crippen LogP contribution in [0.15, 0.2) is 33.5 Å². The first kappa shape index (κ1) is 17.1. The molecule has 0 aromatic heterocycles. The van der Waals surface area contributed by atoms with E-state index >= 15 is 0 Å². The normalized spacial score (nSPS) is 20.7. The molecule has 0 radical (unpaired) electrons. The van der Waals surface area contributed by atoms with Gasteiger partial charge in [-0.05, 0) is 51.5 Å². The molecule has 0 unspecified atom stereocenters. The minimum absolute atomic E-state index is 0.423. The van der Waals surface area contributed by atoms with Crippen LogP contribution in [0.1, 0.15) is 27.7 Å². The summed E-state index contributed by atoms with van der Waals surface area (Å²) < 4.78 is 25.4. The second-order valence-corrected chi connectivity index (χ2v) is 9.02. The summed E-state index contributed by atoms with van der Waals surface area (Å²) in [6, 6.07) is 6.87. The summed E-state index contributed by atoms with van der Waals surface area (Å²) in [5, 5.41) is 8.71. The van der Waals surface area contributed by atoms with Crippen LogP contribution in [0.5, 0.6) is 0 Å². The van der Waals surface area contributed by atoms with Crippen molar-refractivity contribution in [3.8, 4) is 0 Å². The summed E-state index contributed by atoms with van der Waals surface area (Å²) in [5.41, 5.74) is -0.0289. The van der Waals surface area contributed by atoms with Crippen LogP contribution < -0.4 is 5.46 Å². The molecule has 1 amide bonds. The number of hydrogen-bond acceptors (Lipinski definition) is 3. The Hall–Kier alpha value is -1.22. The first-order chi connectivity index (χ1) is 9.95. The minimum atomic E-state index is -3.01. The molecule has 1 aliphatic heterocycles. The van der Waals surface area contributed by atoms with Crippen molar-refractivity contribution in [3.05, 3.63) is 24.3 Å². The molecule has 1 saturated heterocycles. The molecule has 0 aliphatic carbocycles. The Bertz CT molecular complexity index is 619. The van der Waals surface area contributed by atoms with E-state index in [4.69, 9.17) is 14.4 Å². The van der Waals surface area contributed by atoms with E-state index in [0.29, 0.717) is 4.90 Å². The fourth-order valence-electron chi connectivity index (χ4n) is 2.12. The lowest BCUT2D eigenvalue weighted by Gasteiger charge is -2.32. The van der Waals surface area contributed by atoms with Crippen LogP contribution in [0.3, 0.4) is 0 Å². The Kier molecular flexibility index (Phi) is 4.25. The third-order valence-corrected chi connectivity index (χ3v) is 6.02. The van der Waals surface area contributed by atoms with Gasteiger partial charge in [-0.1, -0.05) is 22.2 Å². The summed E-state index contributed by atoms with van der Waals surface area (Å²) in [6.45, 7) is 7.90. The zero-order chi connectivity index (χ0) is 16.8. The van der Waals surface area contributed by atoms with Gasteiger partial charge >= 0.3 is 13.2 Å². The van der Waals surface area contributed by atoms with Gasteiger partial charge in [0.05, 0.1) is 11.2 Å². The number of hydrogen-bond donors (Lipinski definition) is 3. The van der Waals surface area contributed by atoms with Crippen LogP contribution in [-0.4, -0.2) is 40.3 Å². The molecule has 2 rings (SSSR count). The Morgan fingerprint density at radius 2 is 1.59 bits per heavy atom. The molecule has 0 bridgehead atoms. The molecular weight excluding hydrogens is 305 g/mol. The molecule has 122 valence electrons. The average molecular weight is 327 g/mol. The molecule has 0 spiro atoms. The molecule has 2 N–H and O–H groups in total. The third kappa shape index (κ3) is 3.25. The number of carboxylic acid groups (broad SMARTS) is 1. The van der Waals surface area contributed by atoms with Crippen LogP contribution in [-0.2, 0) is 19.4 Å². The van der Waals surface area contributed by atoms with Gasteiger partial charge in [-0.25, -0.2) is 4.79 Å². The van der Waals surface area contributed by atoms with E-state index in [0.717, 1.165) is 5.46 Å². The topological polar surface area (TPSA) is 88.4 Å². The number of rotatable bonds is 2. The fourth-order valence-corrected chi connectivity index (χ4v) is 3.28. The second kappa shape index (κ2) is 5.45. The summed E-state index contributed by atoms with van der Waals surface area (Å²) in [4.78, 5) is 11.2. The molecular formula is C14H22BNO5S. The van der Waals surface area contributed by atoms with Crippen LogP contribution in [0.4, 0.5) is 4.79 Å². The first-order valence-electron chi connectivity index (χ1n) is 6.96. The monoisotopic (exact) mass is 327 g/mol. The first-order valence-corrected chi connectivity index (χ1v) is 9.10. The molecule has 6 nitrogen and oxygen atoms in total. The summed E-state index contributed by atoms with van der Waals surface area (Å²) >= 11 is 0. The molecule has 1 heterocycles. The lowest BCUT2D eigenvalue weighted by Crippen LogP contribution is -2.41. The van der Waals surface area contributed by atoms with Gasteiger partial charge in [-0.2, -0.15) is 0 Å². The minimum Gasteiger partial charge on any atom is -0.463 e. The maximum absolute atomic E-state index is 10.7. The van der Waals surface area contributed by atoms with Crippen molar-refractivity contribution in [2.24, 2.45) is 4.36 Å². The van der Waals surface area contributed by atoms with Crippen molar-refractivity contribution < 1.29 is 23.8 Å². The maximum Gasteiger partial charge on any atom is 0.494 e.